The molecule has 0 radical (unpaired) electrons. The lowest BCUT2D eigenvalue weighted by Gasteiger charge is -2.33. The van der Waals surface area contributed by atoms with E-state index in [1.807, 2.05) is 31.2 Å². The number of benzene rings is 1. The van der Waals surface area contributed by atoms with E-state index in [4.69, 9.17) is 11.6 Å². The summed E-state index contributed by atoms with van der Waals surface area (Å²) in [6.07, 6.45) is 4.14. The zero-order valence-corrected chi connectivity index (χ0v) is 10.7. The largest absolute Gasteiger partial charge is 0.481 e. The van der Waals surface area contributed by atoms with E-state index in [1.165, 1.54) is 0 Å². The molecular weight excluding hydrogens is 236 g/mol. The lowest BCUT2D eigenvalue weighted by molar-refractivity contribution is -0.143. The molecule has 0 spiro atoms. The zero-order valence-electron chi connectivity index (χ0n) is 9.95. The SMILES string of the molecule is CC(C(=O)O)C1(c2ccc(Cl)cc2)CCCC1. The quantitative estimate of drug-likeness (QED) is 0.887. The van der Waals surface area contributed by atoms with E-state index in [9.17, 15) is 9.90 Å². The van der Waals surface area contributed by atoms with Gasteiger partial charge in [0, 0.05) is 10.4 Å². The van der Waals surface area contributed by atoms with Crippen LogP contribution in [0, 0.1) is 5.92 Å². The van der Waals surface area contributed by atoms with Gasteiger partial charge in [-0.05, 0) is 30.5 Å². The highest BCUT2D eigenvalue weighted by molar-refractivity contribution is 6.30. The summed E-state index contributed by atoms with van der Waals surface area (Å²) in [5, 5.41) is 10.00. The molecule has 17 heavy (non-hydrogen) atoms. The molecule has 1 aromatic rings. The van der Waals surface area contributed by atoms with E-state index in [0.29, 0.717) is 5.02 Å². The van der Waals surface area contributed by atoms with E-state index in [0.717, 1.165) is 31.2 Å². The van der Waals surface area contributed by atoms with Crippen LogP contribution < -0.4 is 0 Å². The summed E-state index contributed by atoms with van der Waals surface area (Å²) in [6.45, 7) is 1.82. The Morgan fingerprint density at radius 2 is 1.82 bits per heavy atom. The minimum atomic E-state index is -0.707. The second-order valence-corrected chi connectivity index (χ2v) is 5.37. The number of hydrogen-bond donors (Lipinski definition) is 1. The fourth-order valence-corrected chi connectivity index (χ4v) is 3.12. The van der Waals surface area contributed by atoms with Crippen LogP contribution in [0.3, 0.4) is 0 Å². The van der Waals surface area contributed by atoms with Gasteiger partial charge in [-0.15, -0.1) is 0 Å². The highest BCUT2D eigenvalue weighted by atomic mass is 35.5. The van der Waals surface area contributed by atoms with Gasteiger partial charge in [0.2, 0.25) is 0 Å². The predicted octanol–water partition coefficient (Wildman–Crippen LogP) is 3.87. The molecule has 1 N–H and O–H groups in total. The molecule has 1 fully saturated rings. The normalized spacial score (nSPS) is 20.1. The van der Waals surface area contributed by atoms with E-state index >= 15 is 0 Å². The second-order valence-electron chi connectivity index (χ2n) is 4.93. The van der Waals surface area contributed by atoms with E-state index in [2.05, 4.69) is 0 Å². The average Bonchev–Trinajstić information content (AvgIpc) is 2.79. The number of aliphatic carboxylic acids is 1. The van der Waals surface area contributed by atoms with E-state index < -0.39 is 5.97 Å². The standard InChI is InChI=1S/C14H17ClO2/c1-10(13(16)17)14(8-2-3-9-14)11-4-6-12(15)7-5-11/h4-7,10H,2-3,8-9H2,1H3,(H,16,17). The molecule has 3 heteroatoms. The van der Waals surface area contributed by atoms with E-state index in [1.54, 1.807) is 0 Å². The highest BCUT2D eigenvalue weighted by Crippen LogP contribution is 2.46. The van der Waals surface area contributed by atoms with Crippen molar-refractivity contribution in [2.75, 3.05) is 0 Å². The van der Waals surface area contributed by atoms with Crippen molar-refractivity contribution < 1.29 is 9.90 Å². The molecule has 92 valence electrons. The van der Waals surface area contributed by atoms with Crippen LogP contribution in [0.4, 0.5) is 0 Å². The number of halogens is 1. The maximum atomic E-state index is 11.3. The van der Waals surface area contributed by atoms with Crippen LogP contribution in [-0.2, 0) is 10.2 Å². The van der Waals surface area contributed by atoms with Crippen LogP contribution >= 0.6 is 11.6 Å². The Bertz CT molecular complexity index is 405. The number of carboxylic acids is 1. The Kier molecular flexibility index (Phi) is 3.43. The Balaban J connectivity index is 2.40. The van der Waals surface area contributed by atoms with E-state index in [-0.39, 0.29) is 11.3 Å². The van der Waals surface area contributed by atoms with Crippen LogP contribution in [0.15, 0.2) is 24.3 Å². The topological polar surface area (TPSA) is 37.3 Å². The van der Waals surface area contributed by atoms with Gasteiger partial charge in [0.05, 0.1) is 5.92 Å². The molecule has 2 nitrogen and oxygen atoms in total. The molecule has 1 aliphatic carbocycles. The summed E-state index contributed by atoms with van der Waals surface area (Å²) in [5.74, 6) is -1.05. The lowest BCUT2D eigenvalue weighted by atomic mass is 9.69. The van der Waals surface area contributed by atoms with Crippen LogP contribution in [0.25, 0.3) is 0 Å². The monoisotopic (exact) mass is 252 g/mol. The Morgan fingerprint density at radius 3 is 2.29 bits per heavy atom. The molecule has 0 aliphatic heterocycles. The average molecular weight is 253 g/mol. The predicted molar refractivity (Wildman–Crippen MR) is 68.4 cm³/mol. The first kappa shape index (κ1) is 12.4. The van der Waals surface area contributed by atoms with Gasteiger partial charge in [-0.1, -0.05) is 43.5 Å². The molecular formula is C14H17ClO2. The van der Waals surface area contributed by atoms with Crippen molar-refractivity contribution in [1.29, 1.82) is 0 Å². The van der Waals surface area contributed by atoms with Gasteiger partial charge in [-0.25, -0.2) is 0 Å². The molecule has 1 saturated carbocycles. The maximum Gasteiger partial charge on any atom is 0.307 e. The molecule has 0 saturated heterocycles. The third kappa shape index (κ3) is 2.19. The fraction of sp³-hybridized carbons (Fsp3) is 0.500. The summed E-state index contributed by atoms with van der Waals surface area (Å²) in [7, 11) is 0. The van der Waals surface area contributed by atoms with Crippen LogP contribution in [-0.4, -0.2) is 11.1 Å². The molecule has 1 unspecified atom stereocenters. The number of carboxylic acid groups (broad SMARTS) is 1. The Labute approximate surface area is 107 Å². The molecule has 0 bridgehead atoms. The maximum absolute atomic E-state index is 11.3. The first-order valence-corrected chi connectivity index (χ1v) is 6.43. The van der Waals surface area contributed by atoms with Crippen molar-refractivity contribution >= 4 is 17.6 Å². The van der Waals surface area contributed by atoms with Crippen LogP contribution in [0.1, 0.15) is 38.2 Å². The Hall–Kier alpha value is -1.02. The van der Waals surface area contributed by atoms with Gasteiger partial charge in [0.1, 0.15) is 0 Å². The van der Waals surface area contributed by atoms with Gasteiger partial charge in [-0.3, -0.25) is 4.79 Å². The van der Waals surface area contributed by atoms with Crippen molar-refractivity contribution in [2.45, 2.75) is 38.0 Å². The minimum absolute atomic E-state index is 0.198. The zero-order chi connectivity index (χ0) is 12.5. The molecule has 1 atom stereocenters. The van der Waals surface area contributed by atoms with Crippen molar-refractivity contribution in [2.24, 2.45) is 5.92 Å². The van der Waals surface area contributed by atoms with Crippen molar-refractivity contribution in [3.05, 3.63) is 34.9 Å². The van der Waals surface area contributed by atoms with Crippen molar-refractivity contribution in [3.8, 4) is 0 Å². The highest BCUT2D eigenvalue weighted by Gasteiger charge is 2.43. The summed E-state index contributed by atoms with van der Waals surface area (Å²) >= 11 is 5.89. The third-order valence-electron chi connectivity index (χ3n) is 4.11. The molecule has 1 aliphatic rings. The second kappa shape index (κ2) is 4.69. The molecule has 0 heterocycles. The molecule has 2 rings (SSSR count). The summed E-state index contributed by atoms with van der Waals surface area (Å²) in [5.41, 5.74) is 0.922. The number of hydrogen-bond acceptors (Lipinski definition) is 1. The fourth-order valence-electron chi connectivity index (χ4n) is 3.00. The number of carbonyl (C=O) groups is 1. The van der Waals surface area contributed by atoms with Crippen LogP contribution in [0.5, 0.6) is 0 Å². The van der Waals surface area contributed by atoms with Crippen molar-refractivity contribution in [3.63, 3.8) is 0 Å². The first-order chi connectivity index (χ1) is 8.06. The summed E-state index contributed by atoms with van der Waals surface area (Å²) < 4.78 is 0. The lowest BCUT2D eigenvalue weighted by Crippen LogP contribution is -2.35. The van der Waals surface area contributed by atoms with Crippen molar-refractivity contribution in [1.82, 2.24) is 0 Å². The first-order valence-electron chi connectivity index (χ1n) is 6.05. The van der Waals surface area contributed by atoms with Gasteiger partial charge in [0.15, 0.2) is 0 Å². The smallest absolute Gasteiger partial charge is 0.307 e. The van der Waals surface area contributed by atoms with Gasteiger partial charge in [-0.2, -0.15) is 0 Å². The summed E-state index contributed by atoms with van der Waals surface area (Å²) in [6, 6.07) is 7.66. The molecule has 0 aromatic heterocycles. The van der Waals surface area contributed by atoms with Gasteiger partial charge < -0.3 is 5.11 Å². The van der Waals surface area contributed by atoms with Crippen LogP contribution in [0.2, 0.25) is 5.02 Å². The number of rotatable bonds is 3. The van der Waals surface area contributed by atoms with Gasteiger partial charge >= 0.3 is 5.97 Å². The summed E-state index contributed by atoms with van der Waals surface area (Å²) in [4.78, 5) is 11.3. The molecule has 0 amide bonds. The Morgan fingerprint density at radius 1 is 1.29 bits per heavy atom. The molecule has 1 aromatic carbocycles. The minimum Gasteiger partial charge on any atom is -0.481 e. The van der Waals surface area contributed by atoms with Gasteiger partial charge in [0.25, 0.3) is 0 Å². The third-order valence-corrected chi connectivity index (χ3v) is 4.37.